The Morgan fingerprint density at radius 2 is 0.851 bits per heavy atom. The van der Waals surface area contributed by atoms with Crippen molar-refractivity contribution in [1.82, 2.24) is 0 Å². The average Bonchev–Trinajstić information content (AvgIpc) is 3.73. The molecule has 0 amide bonds. The van der Waals surface area contributed by atoms with E-state index >= 15 is 0 Å². The maximum absolute atomic E-state index is 9.59. The predicted molar refractivity (Wildman–Crippen MR) is 198 cm³/mol. The first-order chi connectivity index (χ1) is 32.5. The summed E-state index contributed by atoms with van der Waals surface area (Å²) >= 11 is 0. The Hall–Kier alpha value is -6.18. The van der Waals surface area contributed by atoms with Crippen LogP contribution in [0.1, 0.15) is 30.2 Å². The van der Waals surface area contributed by atoms with E-state index in [9.17, 15) is 8.22 Å². The van der Waals surface area contributed by atoms with Gasteiger partial charge in [0, 0.05) is 27.6 Å². The molecule has 0 aliphatic rings. The van der Waals surface area contributed by atoms with Crippen molar-refractivity contribution < 1.29 is 34.6 Å². The van der Waals surface area contributed by atoms with Crippen LogP contribution in [-0.4, -0.2) is 0 Å². The van der Waals surface area contributed by atoms with Gasteiger partial charge in [0.05, 0.1) is 30.2 Å². The molecule has 0 spiro atoms. The normalized spacial score (nSPS) is 18.0. The van der Waals surface area contributed by atoms with Crippen molar-refractivity contribution >= 4 is 32.5 Å². The summed E-state index contributed by atoms with van der Waals surface area (Å²) in [5, 5.41) is -1.35. The van der Waals surface area contributed by atoms with E-state index in [1.807, 2.05) is 0 Å². The van der Waals surface area contributed by atoms with Gasteiger partial charge in [-0.25, -0.2) is 0 Å². The van der Waals surface area contributed by atoms with Crippen LogP contribution in [0.2, 0.25) is 0 Å². The predicted octanol–water partition coefficient (Wildman–Crippen LogP) is 13.1. The summed E-state index contributed by atoms with van der Waals surface area (Å²) in [5.41, 5.74) is -3.53. The average molecular weight is 621 g/mol. The van der Waals surface area contributed by atoms with E-state index in [-0.39, 0.29) is 60.3 Å². The second-order valence-electron chi connectivity index (χ2n) is 10.4. The maximum atomic E-state index is 9.59. The molecular weight excluding hydrogens is 569 g/mol. The lowest BCUT2D eigenvalue weighted by Crippen LogP contribution is -1.92. The smallest absolute Gasteiger partial charge is 0.143 e. The van der Waals surface area contributed by atoms with Crippen molar-refractivity contribution in [3.8, 4) is 55.8 Å². The molecule has 8 aromatic carbocycles. The summed E-state index contributed by atoms with van der Waals surface area (Å²) in [5.74, 6) is -0.645. The number of furan rings is 1. The molecule has 0 radical (unpaired) electrons. The Morgan fingerprint density at radius 3 is 1.47 bits per heavy atom. The summed E-state index contributed by atoms with van der Waals surface area (Å²) < 4.78 is 204. The molecule has 0 N–H and O–H groups in total. The lowest BCUT2D eigenvalue weighted by Gasteiger charge is -2.18. The number of fused-ring (bicyclic) bond motifs is 3. The summed E-state index contributed by atoms with van der Waals surface area (Å²) in [6.07, 6.45) is 0. The van der Waals surface area contributed by atoms with Gasteiger partial charge in [0.2, 0.25) is 0 Å². The Bertz CT molecular complexity index is 3670. The highest BCUT2D eigenvalue weighted by Crippen LogP contribution is 2.51. The molecule has 1 nitrogen and oxygen atoms in total. The van der Waals surface area contributed by atoms with Gasteiger partial charge < -0.3 is 4.42 Å². The molecule has 9 aromatic rings. The third-order valence-electron chi connectivity index (χ3n) is 7.84. The summed E-state index contributed by atoms with van der Waals surface area (Å²) in [6, 6.07) is -5.25. The largest absolute Gasteiger partial charge is 0.455 e. The first-order valence-electron chi connectivity index (χ1n) is 25.3. The van der Waals surface area contributed by atoms with Crippen molar-refractivity contribution in [3.63, 3.8) is 0 Å². The minimum Gasteiger partial charge on any atom is -0.455 e. The van der Waals surface area contributed by atoms with Crippen LogP contribution < -0.4 is 0 Å². The van der Waals surface area contributed by atoms with Gasteiger partial charge in [0.25, 0.3) is 0 Å². The second-order valence-corrected chi connectivity index (χ2v) is 10.4. The van der Waals surface area contributed by atoms with Gasteiger partial charge in [-0.15, -0.1) is 0 Å². The summed E-state index contributed by atoms with van der Waals surface area (Å²) in [6.45, 7) is 0. The lowest BCUT2D eigenvalue weighted by molar-refractivity contribution is 0.634. The van der Waals surface area contributed by atoms with Gasteiger partial charge in [-0.2, -0.15) is 0 Å². The monoisotopic (exact) mass is 620 g/mol. The highest BCUT2D eigenvalue weighted by atomic mass is 16.3. The molecule has 47 heavy (non-hydrogen) atoms. The van der Waals surface area contributed by atoms with Crippen LogP contribution in [0, 0.1) is 0 Å². The van der Waals surface area contributed by atoms with Gasteiger partial charge in [-0.3, -0.25) is 0 Å². The molecule has 0 bridgehead atoms. The van der Waals surface area contributed by atoms with Crippen LogP contribution in [0.25, 0.3) is 88.3 Å². The third kappa shape index (κ3) is 4.47. The first-order valence-corrected chi connectivity index (χ1v) is 14.3. The zero-order valence-corrected chi connectivity index (χ0v) is 24.0. The number of hydrogen-bond acceptors (Lipinski definition) is 1. The standard InChI is InChI=1S/C46H30O/c1-4-17-31(18-5-1)34-23-10-15-28-40(34)46-44(41-30-16-29-35(45(41)47-46)32-19-6-2-7-20-32)43-38-26-13-11-24-36(38)42(33-21-8-3-9-22-33)37-25-12-14-27-39(37)43/h1-30H/i1D,2D,4D,5D,6D,7D,10D,11D,12D,13D,14D,15D,17D,18D,19D,20D,23D,24D,25D,26D,27D,28D. The van der Waals surface area contributed by atoms with E-state index in [1.54, 1.807) is 30.3 Å². The van der Waals surface area contributed by atoms with E-state index in [2.05, 4.69) is 0 Å². The molecule has 0 unspecified atom stereocenters. The molecule has 1 heterocycles. The van der Waals surface area contributed by atoms with Gasteiger partial charge in [-0.1, -0.05) is 181 Å². The fourth-order valence-corrected chi connectivity index (χ4v) is 5.94. The van der Waals surface area contributed by atoms with Crippen LogP contribution >= 0.6 is 0 Å². The minimum absolute atomic E-state index is 0.0287. The van der Waals surface area contributed by atoms with Crippen LogP contribution in [0.4, 0.5) is 0 Å². The maximum Gasteiger partial charge on any atom is 0.143 e. The van der Waals surface area contributed by atoms with Crippen LogP contribution in [0.3, 0.4) is 0 Å². The fraction of sp³-hybridized carbons (Fsp3) is 0. The number of hydrogen-bond donors (Lipinski definition) is 0. The summed E-state index contributed by atoms with van der Waals surface area (Å²) in [7, 11) is 0. The topological polar surface area (TPSA) is 13.1 Å². The highest BCUT2D eigenvalue weighted by Gasteiger charge is 2.26. The van der Waals surface area contributed by atoms with Crippen molar-refractivity contribution in [2.45, 2.75) is 0 Å². The molecule has 220 valence electrons. The molecule has 0 aliphatic heterocycles. The summed E-state index contributed by atoms with van der Waals surface area (Å²) in [4.78, 5) is 0. The first kappa shape index (κ1) is 12.9. The van der Waals surface area contributed by atoms with Crippen molar-refractivity contribution in [2.24, 2.45) is 0 Å². The van der Waals surface area contributed by atoms with Crippen molar-refractivity contribution in [3.05, 3.63) is 181 Å². The van der Waals surface area contributed by atoms with Crippen molar-refractivity contribution in [2.75, 3.05) is 0 Å². The van der Waals surface area contributed by atoms with Crippen molar-refractivity contribution in [1.29, 1.82) is 0 Å². The molecule has 0 fully saturated rings. The molecule has 1 aromatic heterocycles. The highest BCUT2D eigenvalue weighted by molar-refractivity contribution is 6.25. The van der Waals surface area contributed by atoms with Gasteiger partial charge in [-0.05, 0) is 49.4 Å². The third-order valence-corrected chi connectivity index (χ3v) is 7.84. The molecule has 0 saturated carbocycles. The second kappa shape index (κ2) is 11.3. The lowest BCUT2D eigenvalue weighted by atomic mass is 9.84. The SMILES string of the molecule is [2H]c1c([2H])c([2H])c(-c2c([2H])c([2H])c([2H])c([2H])c2-c2oc3c(-c4c([2H])c([2H])c([2H])c([2H])c4[2H])cccc3c2-c2c3c([2H])c([2H])c([2H])c([2H])c3c(-c3ccccc3)c3c([2H])c([2H])c([2H])c([2H])c23)c([2H])c1[2H]. The van der Waals surface area contributed by atoms with Gasteiger partial charge in [0.15, 0.2) is 0 Å². The molecule has 9 rings (SSSR count). The Morgan fingerprint density at radius 1 is 0.340 bits per heavy atom. The van der Waals surface area contributed by atoms with Crippen LogP contribution in [0.15, 0.2) is 186 Å². The van der Waals surface area contributed by atoms with E-state index in [0.29, 0.717) is 0 Å². The van der Waals surface area contributed by atoms with E-state index in [0.717, 1.165) is 0 Å². The Labute approximate surface area is 304 Å². The van der Waals surface area contributed by atoms with E-state index in [1.165, 1.54) is 18.2 Å². The number of rotatable bonds is 5. The zero-order valence-electron chi connectivity index (χ0n) is 46.0. The Balaban J connectivity index is 1.67. The molecular formula is C46H30O. The zero-order chi connectivity index (χ0) is 50.3. The van der Waals surface area contributed by atoms with E-state index < -0.39 is 161 Å². The molecule has 1 heteroatoms. The number of para-hydroxylation sites is 1. The molecule has 0 aliphatic carbocycles. The van der Waals surface area contributed by atoms with Gasteiger partial charge >= 0.3 is 0 Å². The molecule has 0 saturated heterocycles. The fourth-order valence-electron chi connectivity index (χ4n) is 5.94. The van der Waals surface area contributed by atoms with Crippen LogP contribution in [-0.2, 0) is 0 Å². The number of benzene rings is 8. The Kier molecular flexibility index (Phi) is 3.11. The quantitative estimate of drug-likeness (QED) is 0.174. The van der Waals surface area contributed by atoms with Crippen LogP contribution in [0.5, 0.6) is 0 Å². The van der Waals surface area contributed by atoms with Gasteiger partial charge in [0.1, 0.15) is 11.3 Å². The minimum atomic E-state index is -0.917. The van der Waals surface area contributed by atoms with E-state index in [4.69, 9.17) is 26.3 Å². The molecule has 0 atom stereocenters.